The van der Waals surface area contributed by atoms with E-state index in [4.69, 9.17) is 113 Å². The number of nitrogens with two attached hydrogens (primary N) is 4. The number of alkyl carbamates (subject to hydrolysis) is 2. The van der Waals surface area contributed by atoms with Gasteiger partial charge in [0.1, 0.15) is 90.0 Å². The monoisotopic (exact) mass is 1460 g/mol. The molecule has 0 aliphatic heterocycles. The van der Waals surface area contributed by atoms with Gasteiger partial charge < -0.3 is 103 Å². The Balaban J connectivity index is -0.000000586. The second-order valence-corrected chi connectivity index (χ2v) is 22.7. The Bertz CT molecular complexity index is 3530. The summed E-state index contributed by atoms with van der Waals surface area (Å²) < 4.78 is 35.6. The summed E-state index contributed by atoms with van der Waals surface area (Å²) in [4.78, 5) is 88.5. The second-order valence-electron chi connectivity index (χ2n) is 22.2. The van der Waals surface area contributed by atoms with Gasteiger partial charge in [-0.3, -0.25) is 19.2 Å². The van der Waals surface area contributed by atoms with Crippen molar-refractivity contribution in [2.45, 2.75) is 129 Å². The standard InChI is InChI=1S/C20H23NO5.C15H15NO3.C14H19NO5.C12H13NO3.C9H11NO3.C2H3ClO.CH4.H3N2O.Na/c1-6-12-24-16-10-8-15(9-11-16)14-17(18(22)25-13-7-2)21-19(23)26-20(3,4)5;1-3-9-18-13-7-5-12(6-8-13)11-14(16)15(17)19-10-4-2;1-14(2,3)20-13(19)15-11(12(17)18)8-9-4-6-10(16)7-5-9;1-2-7-16-10-5-3-9(4-6-10)8-11(13)12(14)15;10-8(9(12)13)5-6-1-3-7(11)4-2-6;1-2(3)4;;1-2-3;/h1-2,8-11,17H,12-14H2,3-5H3,(H,21,23);1-2,5-8,14H,9-11,16H2;4-7,11,16H,8H2,1-3H3,(H,15,19)(H,17,18);1,3-6,11H,7-8,13H2,(H,14,15);1-4,8,11H,5,10H2,(H,12,13);1H3;1H4;3H,1H2;/q;;;;;;;-1;+1/t17-;14-;2*11-;8-;;;;/m00000..../s1. The second kappa shape index (κ2) is 56.2. The largest absolute Gasteiger partial charge is 1.00 e. The van der Waals surface area contributed by atoms with Crippen molar-refractivity contribution in [2.24, 2.45) is 23.0 Å². The number of halogens is 1. The molecule has 2 amide bonds. The third-order valence-corrected chi connectivity index (χ3v) is 11.4. The minimum absolute atomic E-state index is 0. The molecule has 28 nitrogen and oxygen atoms in total. The van der Waals surface area contributed by atoms with Crippen LogP contribution in [0.3, 0.4) is 0 Å². The molecule has 552 valence electrons. The molecule has 0 radical (unpaired) electrons. The van der Waals surface area contributed by atoms with Crippen LogP contribution >= 0.6 is 11.6 Å². The number of carboxylic acids is 3. The molecule has 0 aliphatic rings. The molecule has 5 aromatic carbocycles. The zero-order valence-electron chi connectivity index (χ0n) is 57.8. The van der Waals surface area contributed by atoms with Crippen molar-refractivity contribution in [1.29, 1.82) is 0 Å². The van der Waals surface area contributed by atoms with Crippen LogP contribution in [0.15, 0.2) is 121 Å². The molecule has 16 N–H and O–H groups in total. The quantitative estimate of drug-likeness (QED) is 0.00747. The number of benzene rings is 5. The number of phenolic OH excluding ortho intramolecular Hbond substituents is 2. The Morgan fingerprint density at radius 2 is 0.699 bits per heavy atom. The summed E-state index contributed by atoms with van der Waals surface area (Å²) in [6.07, 6.45) is 25.1. The average molecular weight is 1460 g/mol. The third-order valence-electron chi connectivity index (χ3n) is 11.4. The molecule has 0 saturated heterocycles. The van der Waals surface area contributed by atoms with Gasteiger partial charge in [-0.15, -0.1) is 32.1 Å². The minimum Gasteiger partial charge on any atom is -0.508 e. The van der Waals surface area contributed by atoms with Crippen LogP contribution in [0.1, 0.15) is 83.7 Å². The molecule has 0 aromatic heterocycles. The maximum absolute atomic E-state index is 12.2. The number of nitrogens with zero attached hydrogens (tertiary/aromatic N) is 1. The van der Waals surface area contributed by atoms with E-state index < -0.39 is 83.4 Å². The number of phenols is 2. The van der Waals surface area contributed by atoms with Gasteiger partial charge in [0.25, 0.3) is 0 Å². The summed E-state index contributed by atoms with van der Waals surface area (Å²) in [6.45, 7) is 11.9. The Morgan fingerprint density at radius 3 is 0.961 bits per heavy atom. The number of ether oxygens (including phenoxy) is 7. The smallest absolute Gasteiger partial charge is 0.508 e. The zero-order chi connectivity index (χ0) is 77.1. The summed E-state index contributed by atoms with van der Waals surface area (Å²) >= 11 is 4.64. The Morgan fingerprint density at radius 1 is 0.456 bits per heavy atom. The van der Waals surface area contributed by atoms with Crippen molar-refractivity contribution >= 4 is 58.9 Å². The molecule has 5 atom stereocenters. The molecule has 0 fully saturated rings. The molecule has 5 aromatic rings. The number of carboxylic acid groups (broad SMARTS) is 3. The average Bonchev–Trinajstić information content (AvgIpc) is 0.893. The van der Waals surface area contributed by atoms with Gasteiger partial charge in [-0.1, -0.05) is 97.7 Å². The van der Waals surface area contributed by atoms with Crippen LogP contribution in [0.4, 0.5) is 9.59 Å². The number of nitrogens with one attached hydrogen (secondary N) is 2. The topological polar surface area (TPSA) is 465 Å². The number of hydrogen-bond acceptors (Lipinski definition) is 22. The van der Waals surface area contributed by atoms with Gasteiger partial charge in [-0.25, -0.2) is 19.2 Å². The van der Waals surface area contributed by atoms with Crippen LogP contribution in [0.2, 0.25) is 0 Å². The molecule has 0 bridgehead atoms. The van der Waals surface area contributed by atoms with Crippen molar-refractivity contribution in [3.63, 3.8) is 0 Å². The number of amides is 2. The first kappa shape index (κ1) is 98.9. The summed E-state index contributed by atoms with van der Waals surface area (Å²) in [7, 11) is 0. The van der Waals surface area contributed by atoms with Crippen LogP contribution in [0.25, 0.3) is 5.59 Å². The fraction of sp³-hybridized carbons (Fsp3) is 0.342. The van der Waals surface area contributed by atoms with Crippen LogP contribution in [0.5, 0.6) is 28.7 Å². The maximum atomic E-state index is 12.2. The van der Waals surface area contributed by atoms with Crippen molar-refractivity contribution in [2.75, 3.05) is 33.0 Å². The number of aromatic hydroxyl groups is 2. The molecular formula is C73H91ClN7NaO21. The normalized spacial score (nSPS) is 11.1. The summed E-state index contributed by atoms with van der Waals surface area (Å²) in [5.74, 6) is 13.4. The predicted molar refractivity (Wildman–Crippen MR) is 382 cm³/mol. The van der Waals surface area contributed by atoms with Gasteiger partial charge in [0.05, 0.1) is 0 Å². The fourth-order valence-electron chi connectivity index (χ4n) is 7.02. The first-order valence-electron chi connectivity index (χ1n) is 29.8. The third kappa shape index (κ3) is 53.1. The van der Waals surface area contributed by atoms with E-state index in [-0.39, 0.29) is 106 Å². The number of carbonyl (C=O) groups is 8. The number of esters is 2. The molecular weight excluding hydrogens is 1370 g/mol. The molecule has 0 unspecified atom stereocenters. The molecule has 0 heterocycles. The number of terminal acetylenes is 5. The van der Waals surface area contributed by atoms with E-state index in [9.17, 15) is 38.4 Å². The van der Waals surface area contributed by atoms with E-state index in [0.717, 1.165) is 22.3 Å². The number of carbonyl (C=O) groups excluding carboxylic acids is 5. The van der Waals surface area contributed by atoms with Crippen molar-refractivity contribution < 1.29 is 132 Å². The van der Waals surface area contributed by atoms with E-state index in [1.54, 1.807) is 126 Å². The summed E-state index contributed by atoms with van der Waals surface area (Å²) in [6, 6.07) is 29.1. The number of aliphatic carboxylic acids is 3. The van der Waals surface area contributed by atoms with E-state index in [2.05, 4.69) is 57.7 Å². The predicted octanol–water partition coefficient (Wildman–Crippen LogP) is 4.00. The van der Waals surface area contributed by atoms with Crippen LogP contribution in [-0.4, -0.2) is 152 Å². The Hall–Kier alpha value is -10.5. The van der Waals surface area contributed by atoms with Crippen LogP contribution < -0.4 is 77.4 Å². The molecule has 5 rings (SSSR count). The zero-order valence-corrected chi connectivity index (χ0v) is 60.6. The first-order valence-corrected chi connectivity index (χ1v) is 30.2. The van der Waals surface area contributed by atoms with Gasteiger partial charge in [0, 0.05) is 19.8 Å². The van der Waals surface area contributed by atoms with Crippen LogP contribution in [0, 0.1) is 61.7 Å². The van der Waals surface area contributed by atoms with Crippen molar-refractivity contribution in [1.82, 2.24) is 10.6 Å². The minimum atomic E-state index is -1.15. The fourth-order valence-corrected chi connectivity index (χ4v) is 7.02. The van der Waals surface area contributed by atoms with Gasteiger partial charge in [0.2, 0.25) is 5.24 Å². The Kier molecular flexibility index (Phi) is 53.9. The van der Waals surface area contributed by atoms with Crippen molar-refractivity contribution in [3.8, 4) is 90.5 Å². The van der Waals surface area contributed by atoms with E-state index >= 15 is 0 Å². The van der Waals surface area contributed by atoms with Gasteiger partial charge in [0.15, 0.2) is 13.2 Å². The van der Waals surface area contributed by atoms with Crippen LogP contribution in [-0.2, 0) is 79.8 Å². The molecule has 0 saturated carbocycles. The van der Waals surface area contributed by atoms with E-state index in [0.29, 0.717) is 35.7 Å². The van der Waals surface area contributed by atoms with E-state index in [1.807, 2.05) is 17.7 Å². The summed E-state index contributed by atoms with van der Waals surface area (Å²) in [5, 5.41) is 55.8. The molecule has 30 heteroatoms. The van der Waals surface area contributed by atoms with Gasteiger partial charge >= 0.3 is 71.6 Å². The molecule has 103 heavy (non-hydrogen) atoms. The molecule has 0 aliphatic carbocycles. The first-order chi connectivity index (χ1) is 47.5. The summed E-state index contributed by atoms with van der Waals surface area (Å²) in [5.41, 5.74) is 21.1. The number of hydrogen-bond donors (Lipinski definition) is 12. The Labute approximate surface area is 628 Å². The number of rotatable bonds is 25. The van der Waals surface area contributed by atoms with E-state index in [1.165, 1.54) is 31.2 Å². The van der Waals surface area contributed by atoms with Gasteiger partial charge in [-0.2, -0.15) is 0 Å². The SMILES string of the molecule is C.C#CCOC(=O)[C@@H](N)Cc1ccc(OCC#C)cc1.C#CCOC(=O)[C@H](Cc1ccc(OCC#C)cc1)NC(=O)OC(C)(C)C.C#CCOc1ccc(C[C@H](N)C(=O)O)cc1.CC(=O)Cl.CC(C)(C)OC(=O)N[C@@H](Cc1ccc(O)cc1)C(=O)O.N[C@@H](Cc1ccc(O)cc1)C(=O)O.N[N-]O.[Na+]. The molecule has 0 spiro atoms. The van der Waals surface area contributed by atoms with Gasteiger partial charge in [-0.05, 0) is 161 Å². The maximum Gasteiger partial charge on any atom is 1.00 e. The van der Waals surface area contributed by atoms with Crippen molar-refractivity contribution in [3.05, 3.63) is 155 Å².